The first-order valence-corrected chi connectivity index (χ1v) is 4.63. The summed E-state index contributed by atoms with van der Waals surface area (Å²) in [4.78, 5) is 7.77. The highest BCUT2D eigenvalue weighted by Crippen LogP contribution is 2.21. The van der Waals surface area contributed by atoms with Crippen LogP contribution in [0.25, 0.3) is 0 Å². The zero-order valence-electron chi connectivity index (χ0n) is 7.61. The molecule has 0 saturated heterocycles. The average Bonchev–Trinajstić information content (AvgIpc) is 2.24. The van der Waals surface area contributed by atoms with E-state index in [0.717, 1.165) is 0 Å². The molecule has 2 rings (SSSR count). The molecule has 0 fully saturated rings. The molecular formula is C10H7ClFN3. The Hall–Kier alpha value is -1.68. The largest absolute Gasteiger partial charge is 0.335 e. The second-order valence-corrected chi connectivity index (χ2v) is 3.16. The Morgan fingerprint density at radius 3 is 2.60 bits per heavy atom. The van der Waals surface area contributed by atoms with E-state index in [1.165, 1.54) is 18.5 Å². The first-order valence-electron chi connectivity index (χ1n) is 4.25. The van der Waals surface area contributed by atoms with Crippen molar-refractivity contribution < 1.29 is 4.39 Å². The lowest BCUT2D eigenvalue weighted by atomic mass is 10.3. The summed E-state index contributed by atoms with van der Waals surface area (Å²) in [6.45, 7) is 0. The van der Waals surface area contributed by atoms with Gasteiger partial charge in [-0.05, 0) is 12.1 Å². The molecule has 0 aliphatic heterocycles. The van der Waals surface area contributed by atoms with E-state index in [1.54, 1.807) is 18.2 Å². The fraction of sp³-hybridized carbons (Fsp3) is 0. The molecule has 0 atom stereocenters. The van der Waals surface area contributed by atoms with Crippen LogP contribution in [0, 0.1) is 5.82 Å². The third-order valence-electron chi connectivity index (χ3n) is 1.78. The van der Waals surface area contributed by atoms with Crippen LogP contribution in [-0.4, -0.2) is 9.97 Å². The molecule has 1 N–H and O–H groups in total. The standard InChI is InChI=1S/C10H7ClFN3/c11-9-10(14-6-5-13-9)15-8-4-2-1-3-7(8)12/h1-6H,(H,14,15). The number of aromatic nitrogens is 2. The maximum atomic E-state index is 13.3. The highest BCUT2D eigenvalue weighted by Gasteiger charge is 2.05. The Morgan fingerprint density at radius 2 is 1.87 bits per heavy atom. The van der Waals surface area contributed by atoms with Crippen LogP contribution in [0.2, 0.25) is 5.15 Å². The van der Waals surface area contributed by atoms with Crippen LogP contribution in [0.4, 0.5) is 15.9 Å². The highest BCUT2D eigenvalue weighted by molar-refractivity contribution is 6.31. The van der Waals surface area contributed by atoms with E-state index in [4.69, 9.17) is 11.6 Å². The molecule has 0 radical (unpaired) electrons. The summed E-state index contributed by atoms with van der Waals surface area (Å²) in [5, 5.41) is 2.97. The summed E-state index contributed by atoms with van der Waals surface area (Å²) in [6, 6.07) is 6.28. The molecular weight excluding hydrogens is 217 g/mol. The first-order chi connectivity index (χ1) is 7.27. The summed E-state index contributed by atoms with van der Waals surface area (Å²) >= 11 is 5.77. The minimum absolute atomic E-state index is 0.209. The van der Waals surface area contributed by atoms with Gasteiger partial charge in [-0.15, -0.1) is 0 Å². The maximum Gasteiger partial charge on any atom is 0.171 e. The van der Waals surface area contributed by atoms with Gasteiger partial charge in [0.15, 0.2) is 11.0 Å². The van der Waals surface area contributed by atoms with E-state index >= 15 is 0 Å². The van der Waals surface area contributed by atoms with Crippen LogP contribution in [0.3, 0.4) is 0 Å². The fourth-order valence-corrected chi connectivity index (χ4v) is 1.25. The Labute approximate surface area is 90.9 Å². The molecule has 76 valence electrons. The van der Waals surface area contributed by atoms with E-state index in [0.29, 0.717) is 11.5 Å². The molecule has 0 bridgehead atoms. The van der Waals surface area contributed by atoms with Gasteiger partial charge in [0.05, 0.1) is 5.69 Å². The first kappa shape index (κ1) is 9.86. The monoisotopic (exact) mass is 223 g/mol. The quantitative estimate of drug-likeness (QED) is 0.851. The molecule has 0 saturated carbocycles. The second-order valence-electron chi connectivity index (χ2n) is 2.80. The normalized spacial score (nSPS) is 10.0. The zero-order chi connectivity index (χ0) is 10.7. The molecule has 5 heteroatoms. The molecule has 1 aromatic carbocycles. The molecule has 1 aromatic heterocycles. The van der Waals surface area contributed by atoms with E-state index in [1.807, 2.05) is 0 Å². The van der Waals surface area contributed by atoms with Gasteiger partial charge in [-0.3, -0.25) is 0 Å². The number of hydrogen-bond acceptors (Lipinski definition) is 3. The van der Waals surface area contributed by atoms with Crippen molar-refractivity contribution in [1.29, 1.82) is 0 Å². The summed E-state index contributed by atoms with van der Waals surface area (Å²) in [6.07, 6.45) is 2.95. The number of benzene rings is 1. The lowest BCUT2D eigenvalue weighted by Gasteiger charge is -2.06. The van der Waals surface area contributed by atoms with Gasteiger partial charge in [0.2, 0.25) is 0 Å². The Balaban J connectivity index is 2.30. The average molecular weight is 224 g/mol. The summed E-state index contributed by atoms with van der Waals surface area (Å²) in [5.41, 5.74) is 0.319. The topological polar surface area (TPSA) is 37.8 Å². The van der Waals surface area contributed by atoms with Crippen molar-refractivity contribution in [3.05, 3.63) is 47.6 Å². The third kappa shape index (κ3) is 2.22. The van der Waals surface area contributed by atoms with Crippen molar-refractivity contribution in [3.63, 3.8) is 0 Å². The van der Waals surface area contributed by atoms with Crippen molar-refractivity contribution in [3.8, 4) is 0 Å². The fourth-order valence-electron chi connectivity index (χ4n) is 1.10. The minimum atomic E-state index is -0.362. The van der Waals surface area contributed by atoms with Gasteiger partial charge >= 0.3 is 0 Å². The minimum Gasteiger partial charge on any atom is -0.335 e. The van der Waals surface area contributed by atoms with E-state index in [2.05, 4.69) is 15.3 Å². The van der Waals surface area contributed by atoms with E-state index in [-0.39, 0.29) is 11.0 Å². The molecule has 0 amide bonds. The molecule has 2 aromatic rings. The zero-order valence-corrected chi connectivity index (χ0v) is 8.37. The van der Waals surface area contributed by atoms with Gasteiger partial charge in [0.1, 0.15) is 5.82 Å². The van der Waals surface area contributed by atoms with Gasteiger partial charge in [0.25, 0.3) is 0 Å². The molecule has 0 aliphatic rings. The van der Waals surface area contributed by atoms with Crippen molar-refractivity contribution >= 4 is 23.1 Å². The number of para-hydroxylation sites is 1. The molecule has 0 spiro atoms. The number of nitrogens with one attached hydrogen (secondary N) is 1. The summed E-state index contributed by atoms with van der Waals surface area (Å²) in [7, 11) is 0. The molecule has 15 heavy (non-hydrogen) atoms. The van der Waals surface area contributed by atoms with Gasteiger partial charge in [-0.1, -0.05) is 23.7 Å². The summed E-state index contributed by atoms with van der Waals surface area (Å²) in [5.74, 6) is -0.0245. The molecule has 1 heterocycles. The van der Waals surface area contributed by atoms with Crippen molar-refractivity contribution in [1.82, 2.24) is 9.97 Å². The third-order valence-corrected chi connectivity index (χ3v) is 2.06. The van der Waals surface area contributed by atoms with E-state index < -0.39 is 0 Å². The molecule has 0 unspecified atom stereocenters. The van der Waals surface area contributed by atoms with Gasteiger partial charge in [-0.2, -0.15) is 0 Å². The molecule has 3 nitrogen and oxygen atoms in total. The van der Waals surface area contributed by atoms with Crippen molar-refractivity contribution in [2.75, 3.05) is 5.32 Å². The summed E-state index contributed by atoms with van der Waals surface area (Å²) < 4.78 is 13.3. The van der Waals surface area contributed by atoms with Crippen LogP contribution in [0.1, 0.15) is 0 Å². The predicted octanol–water partition coefficient (Wildman–Crippen LogP) is 3.01. The van der Waals surface area contributed by atoms with Crippen molar-refractivity contribution in [2.24, 2.45) is 0 Å². The Morgan fingerprint density at radius 1 is 1.13 bits per heavy atom. The van der Waals surface area contributed by atoms with Gasteiger partial charge in [0, 0.05) is 12.4 Å². The number of nitrogens with zero attached hydrogens (tertiary/aromatic N) is 2. The Bertz CT molecular complexity index is 432. The van der Waals surface area contributed by atoms with Crippen LogP contribution in [0.15, 0.2) is 36.7 Å². The second kappa shape index (κ2) is 4.23. The van der Waals surface area contributed by atoms with E-state index in [9.17, 15) is 4.39 Å². The maximum absolute atomic E-state index is 13.3. The smallest absolute Gasteiger partial charge is 0.171 e. The van der Waals surface area contributed by atoms with Crippen LogP contribution in [0.5, 0.6) is 0 Å². The predicted molar refractivity (Wildman–Crippen MR) is 56.7 cm³/mol. The van der Waals surface area contributed by atoms with Crippen molar-refractivity contribution in [2.45, 2.75) is 0 Å². The van der Waals surface area contributed by atoms with Crippen LogP contribution < -0.4 is 5.32 Å². The number of hydrogen-bond donors (Lipinski definition) is 1. The van der Waals surface area contributed by atoms with Crippen LogP contribution >= 0.6 is 11.6 Å². The highest BCUT2D eigenvalue weighted by atomic mass is 35.5. The number of anilines is 2. The van der Waals surface area contributed by atoms with Crippen LogP contribution in [-0.2, 0) is 0 Å². The number of rotatable bonds is 2. The molecule has 0 aliphatic carbocycles. The lowest BCUT2D eigenvalue weighted by molar-refractivity contribution is 0.632. The number of halogens is 2. The SMILES string of the molecule is Fc1ccccc1Nc1nccnc1Cl. The lowest BCUT2D eigenvalue weighted by Crippen LogP contribution is -1.97. The van der Waals surface area contributed by atoms with Gasteiger partial charge < -0.3 is 5.32 Å². The van der Waals surface area contributed by atoms with Gasteiger partial charge in [-0.25, -0.2) is 14.4 Å². The Kier molecular flexibility index (Phi) is 2.78.